The lowest BCUT2D eigenvalue weighted by Crippen LogP contribution is -2.61. The van der Waals surface area contributed by atoms with Gasteiger partial charge in [-0.1, -0.05) is 6.42 Å². The normalized spacial score (nSPS) is 34.3. The average molecular weight is 382 g/mol. The summed E-state index contributed by atoms with van der Waals surface area (Å²) in [6.07, 6.45) is 6.33. The lowest BCUT2D eigenvalue weighted by molar-refractivity contribution is -0.174. The Balaban J connectivity index is 0.00000196. The molecular formula is C19H28ClN3O3. The van der Waals surface area contributed by atoms with Crippen molar-refractivity contribution in [2.75, 3.05) is 33.4 Å². The van der Waals surface area contributed by atoms with Crippen molar-refractivity contribution >= 4 is 18.3 Å². The van der Waals surface area contributed by atoms with E-state index < -0.39 is 5.91 Å². The molecule has 4 atom stereocenters. The molecule has 3 fully saturated rings. The largest absolute Gasteiger partial charge is 0.380 e. The summed E-state index contributed by atoms with van der Waals surface area (Å²) in [6, 6.07) is 4.37. The van der Waals surface area contributed by atoms with Gasteiger partial charge in [0.05, 0.1) is 6.61 Å². The van der Waals surface area contributed by atoms with Crippen LogP contribution in [0.5, 0.6) is 0 Å². The number of fused-ring (bicyclic) bond motifs is 2. The molecule has 144 valence electrons. The lowest BCUT2D eigenvalue weighted by Gasteiger charge is -2.56. The molecule has 2 N–H and O–H groups in total. The molecule has 1 amide bonds. The first-order valence-corrected chi connectivity index (χ1v) is 9.28. The van der Waals surface area contributed by atoms with E-state index in [0.29, 0.717) is 23.6 Å². The molecule has 0 aromatic carbocycles. The van der Waals surface area contributed by atoms with Crippen LogP contribution in [0.4, 0.5) is 0 Å². The van der Waals surface area contributed by atoms with E-state index in [1.165, 1.54) is 6.42 Å². The van der Waals surface area contributed by atoms with Crippen LogP contribution in [0.2, 0.25) is 0 Å². The van der Waals surface area contributed by atoms with Gasteiger partial charge in [-0.25, -0.2) is 0 Å². The van der Waals surface area contributed by atoms with E-state index >= 15 is 0 Å². The second-order valence-electron chi connectivity index (χ2n) is 7.59. The molecule has 2 saturated heterocycles. The van der Waals surface area contributed by atoms with Crippen molar-refractivity contribution < 1.29 is 14.3 Å². The molecule has 1 aliphatic carbocycles. The van der Waals surface area contributed by atoms with Gasteiger partial charge in [-0.3, -0.25) is 14.7 Å². The predicted octanol–water partition coefficient (Wildman–Crippen LogP) is 1.96. The number of likely N-dealkylation sites (tertiary alicyclic amines) is 1. The maximum atomic E-state index is 11.6. The third kappa shape index (κ3) is 3.13. The summed E-state index contributed by atoms with van der Waals surface area (Å²) in [6.45, 7) is 3.76. The van der Waals surface area contributed by atoms with Crippen molar-refractivity contribution in [3.63, 3.8) is 0 Å². The van der Waals surface area contributed by atoms with Crippen LogP contribution in [-0.2, 0) is 15.1 Å². The molecule has 2 bridgehead atoms. The first-order valence-electron chi connectivity index (χ1n) is 9.28. The van der Waals surface area contributed by atoms with Crippen LogP contribution in [0, 0.1) is 11.8 Å². The fraction of sp³-hybridized carbons (Fsp3) is 0.684. The summed E-state index contributed by atoms with van der Waals surface area (Å²) in [4.78, 5) is 18.3. The van der Waals surface area contributed by atoms with E-state index in [9.17, 15) is 4.79 Å². The number of hydrogen-bond donors (Lipinski definition) is 1. The Hall–Kier alpha value is -1.21. The van der Waals surface area contributed by atoms with E-state index in [0.717, 1.165) is 51.1 Å². The van der Waals surface area contributed by atoms with Crippen LogP contribution < -0.4 is 5.73 Å². The van der Waals surface area contributed by atoms with Crippen molar-refractivity contribution in [3.05, 3.63) is 29.6 Å². The first-order chi connectivity index (χ1) is 12.1. The Morgan fingerprint density at radius 3 is 2.65 bits per heavy atom. The van der Waals surface area contributed by atoms with Crippen molar-refractivity contribution in [1.82, 2.24) is 9.88 Å². The van der Waals surface area contributed by atoms with Crippen molar-refractivity contribution in [2.24, 2.45) is 17.6 Å². The van der Waals surface area contributed by atoms with Gasteiger partial charge in [0.15, 0.2) is 0 Å². The van der Waals surface area contributed by atoms with Crippen LogP contribution in [0.15, 0.2) is 18.3 Å². The number of halogens is 1. The van der Waals surface area contributed by atoms with Gasteiger partial charge in [-0.05, 0) is 37.0 Å². The third-order valence-corrected chi connectivity index (χ3v) is 6.45. The summed E-state index contributed by atoms with van der Waals surface area (Å²) in [7, 11) is 1.81. The van der Waals surface area contributed by atoms with Crippen molar-refractivity contribution in [1.29, 1.82) is 0 Å². The quantitative estimate of drug-likeness (QED) is 0.862. The Morgan fingerprint density at radius 1 is 1.35 bits per heavy atom. The number of pyridine rings is 1. The maximum Gasteiger partial charge on any atom is 0.267 e. The van der Waals surface area contributed by atoms with Gasteiger partial charge in [0, 0.05) is 50.9 Å². The van der Waals surface area contributed by atoms with Crippen LogP contribution >= 0.6 is 12.4 Å². The highest BCUT2D eigenvalue weighted by atomic mass is 35.5. The highest BCUT2D eigenvalue weighted by molar-refractivity contribution is 5.90. The molecule has 3 heterocycles. The molecule has 4 rings (SSSR count). The molecule has 1 unspecified atom stereocenters. The van der Waals surface area contributed by atoms with Gasteiger partial charge in [-0.15, -0.1) is 12.4 Å². The highest BCUT2D eigenvalue weighted by Crippen LogP contribution is 2.52. The fourth-order valence-corrected chi connectivity index (χ4v) is 5.31. The number of aromatic nitrogens is 1. The molecule has 26 heavy (non-hydrogen) atoms. The molecule has 3 aliphatic rings. The molecule has 1 aromatic heterocycles. The van der Waals surface area contributed by atoms with Crippen molar-refractivity contribution in [3.8, 4) is 0 Å². The molecule has 6 nitrogen and oxygen atoms in total. The SMILES string of the molecule is COC1(c2ccnc(C(N)=O)c2)[C@@H]2CCC[C@H]1CN([C@H]1CCOC1)C2.Cl. The molecule has 1 aromatic rings. The number of hydrogen-bond acceptors (Lipinski definition) is 5. The first kappa shape index (κ1) is 19.5. The van der Waals surface area contributed by atoms with Gasteiger partial charge >= 0.3 is 0 Å². The van der Waals surface area contributed by atoms with Crippen LogP contribution in [0.25, 0.3) is 0 Å². The Labute approximate surface area is 160 Å². The van der Waals surface area contributed by atoms with Gasteiger partial charge in [0.1, 0.15) is 11.3 Å². The lowest BCUT2D eigenvalue weighted by atomic mass is 9.62. The number of piperidine rings is 1. The number of primary amides is 1. The minimum Gasteiger partial charge on any atom is -0.380 e. The molecular weight excluding hydrogens is 354 g/mol. The molecule has 1 saturated carbocycles. The van der Waals surface area contributed by atoms with Crippen LogP contribution in [-0.4, -0.2) is 55.2 Å². The average Bonchev–Trinajstić information content (AvgIpc) is 3.15. The third-order valence-electron chi connectivity index (χ3n) is 6.45. The second-order valence-corrected chi connectivity index (χ2v) is 7.59. The fourth-order valence-electron chi connectivity index (χ4n) is 5.31. The van der Waals surface area contributed by atoms with E-state index in [4.69, 9.17) is 15.2 Å². The van der Waals surface area contributed by atoms with Gasteiger partial charge in [0.2, 0.25) is 0 Å². The maximum absolute atomic E-state index is 11.6. The Bertz CT molecular complexity index is 637. The van der Waals surface area contributed by atoms with Gasteiger partial charge in [0.25, 0.3) is 5.91 Å². The summed E-state index contributed by atoms with van der Waals surface area (Å²) < 4.78 is 11.8. The number of carbonyl (C=O) groups is 1. The van der Waals surface area contributed by atoms with Crippen LogP contribution in [0.3, 0.4) is 0 Å². The summed E-state index contributed by atoms with van der Waals surface area (Å²) in [5.41, 5.74) is 6.48. The summed E-state index contributed by atoms with van der Waals surface area (Å²) in [5.74, 6) is 0.334. The zero-order chi connectivity index (χ0) is 17.4. The molecule has 0 radical (unpaired) electrons. The van der Waals surface area contributed by atoms with Gasteiger partial charge < -0.3 is 15.2 Å². The standard InChI is InChI=1S/C19H27N3O3.ClH/c1-24-19(13-5-7-21-17(9-13)18(20)23)14-3-2-4-15(19)11-22(10-14)16-6-8-25-12-16;/h5,7,9,14-16H,2-4,6,8,10-12H2,1H3,(H2,20,23);1H/t14-,15+,16-,19?;/m0./s1. The van der Waals surface area contributed by atoms with E-state index in [-0.39, 0.29) is 18.0 Å². The monoisotopic (exact) mass is 381 g/mol. The smallest absolute Gasteiger partial charge is 0.267 e. The predicted molar refractivity (Wildman–Crippen MR) is 100 cm³/mol. The highest BCUT2D eigenvalue weighted by Gasteiger charge is 2.54. The van der Waals surface area contributed by atoms with E-state index in [2.05, 4.69) is 9.88 Å². The number of carbonyl (C=O) groups excluding carboxylic acids is 1. The zero-order valence-electron chi connectivity index (χ0n) is 15.2. The van der Waals surface area contributed by atoms with Crippen LogP contribution in [0.1, 0.15) is 41.7 Å². The topological polar surface area (TPSA) is 77.7 Å². The van der Waals surface area contributed by atoms with Gasteiger partial charge in [-0.2, -0.15) is 0 Å². The number of nitrogens with zero attached hydrogens (tertiary/aromatic N) is 2. The summed E-state index contributed by atoms with van der Waals surface area (Å²) >= 11 is 0. The number of rotatable bonds is 4. The van der Waals surface area contributed by atoms with E-state index in [1.807, 2.05) is 19.2 Å². The Kier molecular flexibility index (Phi) is 5.87. The molecule has 0 spiro atoms. The minimum atomic E-state index is -0.487. The molecule has 7 heteroatoms. The number of methoxy groups -OCH3 is 1. The minimum absolute atomic E-state index is 0. The van der Waals surface area contributed by atoms with Crippen molar-refractivity contribution in [2.45, 2.75) is 37.3 Å². The molecule has 2 aliphatic heterocycles. The van der Waals surface area contributed by atoms with E-state index in [1.54, 1.807) is 6.20 Å². The Morgan fingerprint density at radius 2 is 2.08 bits per heavy atom. The summed E-state index contributed by atoms with van der Waals surface area (Å²) in [5, 5.41) is 0. The number of amides is 1. The number of nitrogens with two attached hydrogens (primary N) is 1. The number of ether oxygens (including phenoxy) is 2. The second kappa shape index (κ2) is 7.80. The zero-order valence-corrected chi connectivity index (χ0v) is 16.0.